The molecule has 5 atom stereocenters. The van der Waals surface area contributed by atoms with Crippen LogP contribution in [0, 0.1) is 17.3 Å². The summed E-state index contributed by atoms with van der Waals surface area (Å²) in [6, 6.07) is 5.76. The van der Waals surface area contributed by atoms with Crippen molar-refractivity contribution in [3.8, 4) is 11.5 Å². The molecule has 0 unspecified atom stereocenters. The van der Waals surface area contributed by atoms with Gasteiger partial charge in [0.1, 0.15) is 0 Å². The van der Waals surface area contributed by atoms with E-state index in [2.05, 4.69) is 13.5 Å². The zero-order valence-corrected chi connectivity index (χ0v) is 14.4. The summed E-state index contributed by atoms with van der Waals surface area (Å²) in [4.78, 5) is 12.9. The Kier molecular flexibility index (Phi) is 3.65. The lowest BCUT2D eigenvalue weighted by Crippen LogP contribution is -2.42. The van der Waals surface area contributed by atoms with Crippen LogP contribution in [0.15, 0.2) is 42.7 Å². The average Bonchev–Trinajstić information content (AvgIpc) is 3.13. The number of aliphatic hydroxyl groups is 1. The van der Waals surface area contributed by atoms with Crippen molar-refractivity contribution >= 4 is 5.78 Å². The Balaban J connectivity index is 1.83. The van der Waals surface area contributed by atoms with Gasteiger partial charge in [0.15, 0.2) is 17.3 Å². The summed E-state index contributed by atoms with van der Waals surface area (Å²) < 4.78 is 16.2. The number of ether oxygens (including phenoxy) is 3. The predicted octanol–water partition coefficient (Wildman–Crippen LogP) is 2.80. The molecule has 132 valence electrons. The van der Waals surface area contributed by atoms with E-state index in [9.17, 15) is 9.90 Å². The Labute approximate surface area is 146 Å². The van der Waals surface area contributed by atoms with E-state index in [1.165, 1.54) is 7.11 Å². The molecule has 1 aromatic carbocycles. The van der Waals surface area contributed by atoms with Crippen molar-refractivity contribution in [2.75, 3.05) is 13.9 Å². The topological polar surface area (TPSA) is 65.0 Å². The van der Waals surface area contributed by atoms with Gasteiger partial charge in [0.25, 0.3) is 0 Å². The first kappa shape index (κ1) is 16.2. The van der Waals surface area contributed by atoms with Crippen molar-refractivity contribution in [1.82, 2.24) is 0 Å². The van der Waals surface area contributed by atoms with E-state index < -0.39 is 17.4 Å². The second-order valence-corrected chi connectivity index (χ2v) is 7.08. The van der Waals surface area contributed by atoms with Gasteiger partial charge in [-0.15, -0.1) is 6.58 Å². The van der Waals surface area contributed by atoms with Crippen molar-refractivity contribution in [2.24, 2.45) is 17.3 Å². The molecule has 25 heavy (non-hydrogen) atoms. The van der Waals surface area contributed by atoms with Gasteiger partial charge in [-0.25, -0.2) is 0 Å². The molecule has 1 aromatic rings. The minimum absolute atomic E-state index is 0.0440. The maximum atomic E-state index is 12.9. The highest BCUT2D eigenvalue weighted by Crippen LogP contribution is 2.61. The monoisotopic (exact) mass is 342 g/mol. The van der Waals surface area contributed by atoms with Crippen molar-refractivity contribution in [3.05, 3.63) is 48.3 Å². The number of hydrogen-bond donors (Lipinski definition) is 1. The maximum absolute atomic E-state index is 12.9. The van der Waals surface area contributed by atoms with E-state index in [1.807, 2.05) is 24.3 Å². The number of hydrogen-bond acceptors (Lipinski definition) is 5. The van der Waals surface area contributed by atoms with Crippen LogP contribution in [0.25, 0.3) is 0 Å². The maximum Gasteiger partial charge on any atom is 0.231 e. The summed E-state index contributed by atoms with van der Waals surface area (Å²) in [6.45, 7) is 6.14. The molecule has 0 saturated heterocycles. The zero-order chi connectivity index (χ0) is 17.8. The van der Waals surface area contributed by atoms with Crippen LogP contribution in [-0.4, -0.2) is 30.9 Å². The number of ketones is 1. The third-order valence-corrected chi connectivity index (χ3v) is 6.11. The van der Waals surface area contributed by atoms with E-state index in [0.29, 0.717) is 23.7 Å². The number of fused-ring (bicyclic) bond motifs is 3. The van der Waals surface area contributed by atoms with Gasteiger partial charge < -0.3 is 19.3 Å². The first-order chi connectivity index (χ1) is 12.0. The van der Waals surface area contributed by atoms with E-state index in [4.69, 9.17) is 14.2 Å². The van der Waals surface area contributed by atoms with Crippen LogP contribution in [-0.2, 0) is 9.53 Å². The van der Waals surface area contributed by atoms with Gasteiger partial charge in [-0.3, -0.25) is 4.79 Å². The van der Waals surface area contributed by atoms with Crippen LogP contribution in [0.5, 0.6) is 11.5 Å². The number of allylic oxidation sites excluding steroid dienone is 2. The van der Waals surface area contributed by atoms with Gasteiger partial charge in [0.2, 0.25) is 12.6 Å². The first-order valence-corrected chi connectivity index (χ1v) is 8.53. The fourth-order valence-corrected chi connectivity index (χ4v) is 4.84. The molecule has 2 aliphatic carbocycles. The van der Waals surface area contributed by atoms with Crippen LogP contribution in [0.4, 0.5) is 0 Å². The zero-order valence-electron chi connectivity index (χ0n) is 14.4. The summed E-state index contributed by atoms with van der Waals surface area (Å²) in [5, 5.41) is 11.0. The Morgan fingerprint density at radius 2 is 2.12 bits per heavy atom. The summed E-state index contributed by atoms with van der Waals surface area (Å²) in [5.41, 5.74) is 0.429. The molecule has 5 heteroatoms. The molecule has 4 rings (SSSR count). The van der Waals surface area contributed by atoms with Crippen molar-refractivity contribution < 1.29 is 24.1 Å². The minimum atomic E-state index is -0.762. The fourth-order valence-electron chi connectivity index (χ4n) is 4.84. The van der Waals surface area contributed by atoms with Gasteiger partial charge in [0, 0.05) is 11.3 Å². The number of aliphatic hydroxyl groups excluding tert-OH is 1. The number of benzene rings is 1. The molecule has 2 bridgehead atoms. The third kappa shape index (κ3) is 2.08. The molecule has 0 spiro atoms. The Morgan fingerprint density at radius 3 is 2.84 bits per heavy atom. The molecule has 0 aromatic heterocycles. The molecule has 0 amide bonds. The second kappa shape index (κ2) is 5.63. The standard InChI is InChI=1S/C20H22O5/c1-4-7-20-9-15(23-3)18(21)17(19(20)22)16(11(20)2)12-5-6-13-14(8-12)25-10-24-13/h4-6,8-9,11,16-17,19,22H,1,7,10H2,2-3H3/t11-,16+,17+,19+,20+/m0/s1. The molecule has 1 fully saturated rings. The first-order valence-electron chi connectivity index (χ1n) is 8.53. The highest BCUT2D eigenvalue weighted by molar-refractivity contribution is 5.98. The van der Waals surface area contributed by atoms with E-state index in [-0.39, 0.29) is 24.4 Å². The van der Waals surface area contributed by atoms with Crippen molar-refractivity contribution in [3.63, 3.8) is 0 Å². The molecule has 3 aliphatic rings. The molecule has 0 radical (unpaired) electrons. The van der Waals surface area contributed by atoms with Gasteiger partial charge in [-0.1, -0.05) is 19.1 Å². The number of carbonyl (C=O) groups excluding carboxylic acids is 1. The van der Waals surface area contributed by atoms with E-state index >= 15 is 0 Å². The lowest BCUT2D eigenvalue weighted by atomic mass is 9.70. The molecule has 1 aliphatic heterocycles. The van der Waals surface area contributed by atoms with Gasteiger partial charge in [-0.2, -0.15) is 0 Å². The van der Waals surface area contributed by atoms with Crippen LogP contribution in [0.3, 0.4) is 0 Å². The van der Waals surface area contributed by atoms with Crippen LogP contribution in [0.1, 0.15) is 24.8 Å². The van der Waals surface area contributed by atoms with Gasteiger partial charge in [0.05, 0.1) is 19.1 Å². The summed E-state index contributed by atoms with van der Waals surface area (Å²) in [6.07, 6.45) is 3.45. The summed E-state index contributed by atoms with van der Waals surface area (Å²) in [5.74, 6) is 0.985. The molecular weight excluding hydrogens is 320 g/mol. The largest absolute Gasteiger partial charge is 0.493 e. The van der Waals surface area contributed by atoms with Crippen molar-refractivity contribution in [2.45, 2.75) is 25.4 Å². The molecule has 1 heterocycles. The lowest BCUT2D eigenvalue weighted by Gasteiger charge is -2.36. The van der Waals surface area contributed by atoms with Crippen LogP contribution in [0.2, 0.25) is 0 Å². The number of methoxy groups -OCH3 is 1. The molecule has 5 nitrogen and oxygen atoms in total. The van der Waals surface area contributed by atoms with E-state index in [1.54, 1.807) is 6.08 Å². The summed E-state index contributed by atoms with van der Waals surface area (Å²) >= 11 is 0. The molecule has 1 saturated carbocycles. The third-order valence-electron chi connectivity index (χ3n) is 6.11. The SMILES string of the molecule is C=CC[C@@]12C=C(OC)C(=O)[C@@H]([C@@H](c3ccc4c(c3)OCO4)[C@@H]1C)[C@H]2O. The van der Waals surface area contributed by atoms with Crippen LogP contribution < -0.4 is 9.47 Å². The number of rotatable bonds is 4. The van der Waals surface area contributed by atoms with Crippen molar-refractivity contribution in [1.29, 1.82) is 0 Å². The van der Waals surface area contributed by atoms with Gasteiger partial charge >= 0.3 is 0 Å². The van der Waals surface area contributed by atoms with Gasteiger partial charge in [-0.05, 0) is 36.1 Å². The highest BCUT2D eigenvalue weighted by Gasteiger charge is 2.62. The smallest absolute Gasteiger partial charge is 0.231 e. The lowest BCUT2D eigenvalue weighted by molar-refractivity contribution is -0.128. The highest BCUT2D eigenvalue weighted by atomic mass is 16.7. The summed E-state index contributed by atoms with van der Waals surface area (Å²) in [7, 11) is 1.50. The second-order valence-electron chi connectivity index (χ2n) is 7.08. The number of Topliss-reactive ketones (excluding diaryl/α,β-unsaturated/α-hetero) is 1. The minimum Gasteiger partial charge on any atom is -0.493 e. The molecule has 1 N–H and O–H groups in total. The average molecular weight is 342 g/mol. The Morgan fingerprint density at radius 1 is 1.36 bits per heavy atom. The Hall–Kier alpha value is -2.27. The fraction of sp³-hybridized carbons (Fsp3) is 0.450. The van der Waals surface area contributed by atoms with Crippen LogP contribution >= 0.6 is 0 Å². The molecular formula is C20H22O5. The van der Waals surface area contributed by atoms with E-state index in [0.717, 1.165) is 5.56 Å². The number of carbonyl (C=O) groups is 1. The quantitative estimate of drug-likeness (QED) is 0.853. The Bertz CT molecular complexity index is 767. The normalized spacial score (nSPS) is 35.5. The predicted molar refractivity (Wildman–Crippen MR) is 91.3 cm³/mol.